The topological polar surface area (TPSA) is 129 Å². The SMILES string of the molecule is CCOC(=O)C1=C(CSc2nnnn2C)NC(=O)N[C@@H]1c1ccc(OC)c(COC)c1. The zero-order chi connectivity index (χ0) is 22.4. The monoisotopic (exact) mass is 448 g/mol. The molecule has 0 unspecified atom stereocenters. The lowest BCUT2D eigenvalue weighted by Gasteiger charge is -2.29. The van der Waals surface area contributed by atoms with Crippen molar-refractivity contribution in [2.45, 2.75) is 24.7 Å². The van der Waals surface area contributed by atoms with Gasteiger partial charge in [0.2, 0.25) is 5.16 Å². The number of benzene rings is 1. The molecule has 1 aliphatic rings. The Labute approximate surface area is 183 Å². The van der Waals surface area contributed by atoms with Crippen molar-refractivity contribution in [2.24, 2.45) is 7.05 Å². The van der Waals surface area contributed by atoms with Crippen molar-refractivity contribution in [1.29, 1.82) is 0 Å². The lowest BCUT2D eigenvalue weighted by molar-refractivity contribution is -0.139. The average Bonchev–Trinajstić information content (AvgIpc) is 3.16. The van der Waals surface area contributed by atoms with E-state index in [4.69, 9.17) is 14.2 Å². The van der Waals surface area contributed by atoms with Crippen LogP contribution in [0.2, 0.25) is 0 Å². The van der Waals surface area contributed by atoms with E-state index in [1.165, 1.54) is 16.4 Å². The van der Waals surface area contributed by atoms with Crippen LogP contribution in [0.3, 0.4) is 0 Å². The first-order valence-electron chi connectivity index (χ1n) is 9.47. The van der Waals surface area contributed by atoms with Crippen molar-refractivity contribution < 1.29 is 23.8 Å². The van der Waals surface area contributed by atoms with E-state index in [0.717, 1.165) is 5.56 Å². The number of hydrogen-bond acceptors (Lipinski definition) is 9. The molecular weight excluding hydrogens is 424 g/mol. The fourth-order valence-electron chi connectivity index (χ4n) is 3.16. The lowest BCUT2D eigenvalue weighted by atomic mass is 9.94. The summed E-state index contributed by atoms with van der Waals surface area (Å²) in [7, 11) is 4.86. The van der Waals surface area contributed by atoms with E-state index < -0.39 is 18.0 Å². The Hall–Kier alpha value is -3.12. The molecule has 2 heterocycles. The van der Waals surface area contributed by atoms with Gasteiger partial charge in [0.05, 0.1) is 31.9 Å². The number of hydrogen-bond donors (Lipinski definition) is 2. The predicted octanol–water partition coefficient (Wildman–Crippen LogP) is 1.33. The van der Waals surface area contributed by atoms with Crippen LogP contribution >= 0.6 is 11.8 Å². The van der Waals surface area contributed by atoms with E-state index >= 15 is 0 Å². The van der Waals surface area contributed by atoms with Gasteiger partial charge in [-0.2, -0.15) is 0 Å². The molecule has 11 nitrogen and oxygen atoms in total. The summed E-state index contributed by atoms with van der Waals surface area (Å²) in [6.45, 7) is 2.25. The summed E-state index contributed by atoms with van der Waals surface area (Å²) in [6, 6.07) is 4.29. The minimum absolute atomic E-state index is 0.203. The maximum absolute atomic E-state index is 12.9. The molecular formula is C19H24N6O5S. The fourth-order valence-corrected chi connectivity index (χ4v) is 3.98. The third-order valence-corrected chi connectivity index (χ3v) is 5.55. The summed E-state index contributed by atoms with van der Waals surface area (Å²) in [6.07, 6.45) is 0. The van der Waals surface area contributed by atoms with Gasteiger partial charge in [0.15, 0.2) is 0 Å². The van der Waals surface area contributed by atoms with E-state index in [-0.39, 0.29) is 12.4 Å². The number of nitrogens with one attached hydrogen (secondary N) is 2. The number of rotatable bonds is 9. The Morgan fingerprint density at radius 1 is 1.32 bits per heavy atom. The van der Waals surface area contributed by atoms with Gasteiger partial charge in [0, 0.05) is 31.2 Å². The van der Waals surface area contributed by atoms with Crippen LogP contribution in [0.5, 0.6) is 5.75 Å². The molecule has 3 rings (SSSR count). The van der Waals surface area contributed by atoms with E-state index in [0.29, 0.717) is 34.3 Å². The van der Waals surface area contributed by atoms with E-state index in [1.807, 2.05) is 6.07 Å². The van der Waals surface area contributed by atoms with Gasteiger partial charge in [-0.1, -0.05) is 17.8 Å². The molecule has 2 amide bonds. The first kappa shape index (κ1) is 22.6. The molecule has 1 aliphatic heterocycles. The van der Waals surface area contributed by atoms with Crippen LogP contribution in [0.25, 0.3) is 0 Å². The van der Waals surface area contributed by atoms with Crippen LogP contribution in [0, 0.1) is 0 Å². The molecule has 2 aromatic rings. The first-order chi connectivity index (χ1) is 15.0. The number of carbonyl (C=O) groups is 2. The van der Waals surface area contributed by atoms with E-state index in [1.54, 1.807) is 40.3 Å². The van der Waals surface area contributed by atoms with Gasteiger partial charge in [-0.25, -0.2) is 14.3 Å². The largest absolute Gasteiger partial charge is 0.496 e. The molecule has 166 valence electrons. The number of aromatic nitrogens is 4. The van der Waals surface area contributed by atoms with Crippen molar-refractivity contribution in [2.75, 3.05) is 26.6 Å². The van der Waals surface area contributed by atoms with Crippen LogP contribution in [0.15, 0.2) is 34.6 Å². The molecule has 12 heteroatoms. The summed E-state index contributed by atoms with van der Waals surface area (Å²) in [5, 5.41) is 17.4. The second kappa shape index (κ2) is 10.3. The van der Waals surface area contributed by atoms with Crippen molar-refractivity contribution in [3.05, 3.63) is 40.6 Å². The van der Waals surface area contributed by atoms with Gasteiger partial charge < -0.3 is 24.8 Å². The second-order valence-electron chi connectivity index (χ2n) is 6.52. The van der Waals surface area contributed by atoms with Crippen LogP contribution < -0.4 is 15.4 Å². The standard InChI is InChI=1S/C19H24N6O5S/c1-5-30-17(26)15-13(10-31-19-22-23-24-25(19)2)20-18(27)21-16(15)11-6-7-14(29-4)12(8-11)9-28-3/h6-8,16H,5,9-10H2,1-4H3,(H2,20,21,27)/t16-/m1/s1. The highest BCUT2D eigenvalue weighted by molar-refractivity contribution is 7.99. The summed E-state index contributed by atoms with van der Waals surface area (Å²) in [5.74, 6) is 0.404. The molecule has 1 aromatic carbocycles. The number of esters is 1. The fraction of sp³-hybridized carbons (Fsp3) is 0.421. The average molecular weight is 449 g/mol. The molecule has 0 saturated carbocycles. The summed E-state index contributed by atoms with van der Waals surface area (Å²) < 4.78 is 17.4. The third kappa shape index (κ3) is 5.14. The number of urea groups is 1. The smallest absolute Gasteiger partial charge is 0.338 e. The van der Waals surface area contributed by atoms with Crippen molar-refractivity contribution in [1.82, 2.24) is 30.8 Å². The Morgan fingerprint density at radius 3 is 2.77 bits per heavy atom. The number of carbonyl (C=O) groups excluding carboxylic acids is 2. The van der Waals surface area contributed by atoms with Gasteiger partial charge in [-0.15, -0.1) is 5.10 Å². The maximum atomic E-state index is 12.9. The summed E-state index contributed by atoms with van der Waals surface area (Å²) >= 11 is 1.29. The van der Waals surface area contributed by atoms with Gasteiger partial charge in [-0.05, 0) is 35.0 Å². The zero-order valence-corrected chi connectivity index (χ0v) is 18.5. The summed E-state index contributed by atoms with van der Waals surface area (Å²) in [5.41, 5.74) is 2.25. The van der Waals surface area contributed by atoms with Crippen LogP contribution in [-0.2, 0) is 27.9 Å². The minimum Gasteiger partial charge on any atom is -0.496 e. The molecule has 0 bridgehead atoms. The highest BCUT2D eigenvalue weighted by atomic mass is 32.2. The minimum atomic E-state index is -0.706. The maximum Gasteiger partial charge on any atom is 0.338 e. The van der Waals surface area contributed by atoms with Gasteiger partial charge in [-0.3, -0.25) is 0 Å². The summed E-state index contributed by atoms with van der Waals surface area (Å²) in [4.78, 5) is 25.3. The highest BCUT2D eigenvalue weighted by Gasteiger charge is 2.34. The van der Waals surface area contributed by atoms with Crippen LogP contribution in [0.1, 0.15) is 24.1 Å². The number of amides is 2. The number of methoxy groups -OCH3 is 2. The number of tetrazole rings is 1. The molecule has 2 N–H and O–H groups in total. The van der Waals surface area contributed by atoms with Gasteiger partial charge >= 0.3 is 12.0 Å². The molecule has 0 fully saturated rings. The zero-order valence-electron chi connectivity index (χ0n) is 17.7. The van der Waals surface area contributed by atoms with Crippen LogP contribution in [0.4, 0.5) is 4.79 Å². The first-order valence-corrected chi connectivity index (χ1v) is 10.5. The second-order valence-corrected chi connectivity index (χ2v) is 7.46. The molecule has 1 aromatic heterocycles. The number of nitrogens with zero attached hydrogens (tertiary/aromatic N) is 4. The molecule has 1 atom stereocenters. The molecule has 31 heavy (non-hydrogen) atoms. The number of thioether (sulfide) groups is 1. The predicted molar refractivity (Wildman–Crippen MR) is 111 cm³/mol. The normalized spacial score (nSPS) is 16.0. The molecule has 0 radical (unpaired) electrons. The van der Waals surface area contributed by atoms with Gasteiger partial charge in [0.1, 0.15) is 5.75 Å². The molecule has 0 saturated heterocycles. The number of aryl methyl sites for hydroxylation is 1. The third-order valence-electron chi connectivity index (χ3n) is 4.51. The highest BCUT2D eigenvalue weighted by Crippen LogP contribution is 2.32. The van der Waals surface area contributed by atoms with E-state index in [9.17, 15) is 9.59 Å². The van der Waals surface area contributed by atoms with Crippen LogP contribution in [-0.4, -0.2) is 58.8 Å². The van der Waals surface area contributed by atoms with Crippen molar-refractivity contribution in [3.63, 3.8) is 0 Å². The Kier molecular flexibility index (Phi) is 7.47. The lowest BCUT2D eigenvalue weighted by Crippen LogP contribution is -2.46. The van der Waals surface area contributed by atoms with Crippen molar-refractivity contribution in [3.8, 4) is 5.75 Å². The number of ether oxygens (including phenoxy) is 3. The Bertz CT molecular complexity index is 992. The Balaban J connectivity index is 2.02. The molecule has 0 spiro atoms. The van der Waals surface area contributed by atoms with E-state index in [2.05, 4.69) is 26.2 Å². The van der Waals surface area contributed by atoms with Crippen molar-refractivity contribution >= 4 is 23.8 Å². The van der Waals surface area contributed by atoms with Gasteiger partial charge in [0.25, 0.3) is 0 Å². The molecule has 0 aliphatic carbocycles. The quantitative estimate of drug-likeness (QED) is 0.431. The Morgan fingerprint density at radius 2 is 2.13 bits per heavy atom.